The zero-order valence-corrected chi connectivity index (χ0v) is 9.87. The second kappa shape index (κ2) is 5.24. The number of rotatable bonds is 3. The molecule has 1 atom stereocenters. The van der Waals surface area contributed by atoms with Crippen LogP contribution < -0.4 is 10.1 Å². The molecule has 1 saturated heterocycles. The fourth-order valence-electron chi connectivity index (χ4n) is 1.82. The standard InChI is InChI=1S/C12H14N4O2/c1-2-4-11-10(3-1)14-12(16-15-11)18-8-9-7-13-5-6-17-9/h1-4,9,13H,5-8H2. The van der Waals surface area contributed by atoms with Crippen molar-refractivity contribution in [1.82, 2.24) is 20.5 Å². The highest BCUT2D eigenvalue weighted by Gasteiger charge is 2.14. The van der Waals surface area contributed by atoms with E-state index in [1.807, 2.05) is 24.3 Å². The maximum absolute atomic E-state index is 5.52. The van der Waals surface area contributed by atoms with E-state index in [0.717, 1.165) is 24.1 Å². The molecule has 0 bridgehead atoms. The van der Waals surface area contributed by atoms with Gasteiger partial charge in [0.15, 0.2) is 0 Å². The molecule has 2 heterocycles. The van der Waals surface area contributed by atoms with Crippen molar-refractivity contribution in [2.75, 3.05) is 26.3 Å². The van der Waals surface area contributed by atoms with Crippen molar-refractivity contribution in [3.05, 3.63) is 24.3 Å². The molecular weight excluding hydrogens is 232 g/mol. The van der Waals surface area contributed by atoms with Gasteiger partial charge in [-0.2, -0.15) is 4.98 Å². The molecule has 1 aromatic heterocycles. The van der Waals surface area contributed by atoms with Crippen LogP contribution in [-0.2, 0) is 4.74 Å². The SMILES string of the molecule is c1ccc2nc(OCC3CNCCO3)nnc2c1. The van der Waals surface area contributed by atoms with Gasteiger partial charge in [0, 0.05) is 13.1 Å². The summed E-state index contributed by atoms with van der Waals surface area (Å²) in [4.78, 5) is 4.29. The van der Waals surface area contributed by atoms with E-state index in [1.165, 1.54) is 0 Å². The van der Waals surface area contributed by atoms with Gasteiger partial charge in [-0.25, -0.2) is 0 Å². The molecule has 6 nitrogen and oxygen atoms in total. The van der Waals surface area contributed by atoms with Crippen LogP contribution in [0.4, 0.5) is 0 Å². The minimum Gasteiger partial charge on any atom is -0.460 e. The number of para-hydroxylation sites is 1. The van der Waals surface area contributed by atoms with Crippen LogP contribution >= 0.6 is 0 Å². The van der Waals surface area contributed by atoms with Crippen molar-refractivity contribution in [3.8, 4) is 6.01 Å². The van der Waals surface area contributed by atoms with Crippen LogP contribution in [0.25, 0.3) is 11.0 Å². The largest absolute Gasteiger partial charge is 0.460 e. The summed E-state index contributed by atoms with van der Waals surface area (Å²) in [6.45, 7) is 2.84. The molecular formula is C12H14N4O2. The fraction of sp³-hybridized carbons (Fsp3) is 0.417. The van der Waals surface area contributed by atoms with Crippen molar-refractivity contribution in [2.24, 2.45) is 0 Å². The molecule has 1 unspecified atom stereocenters. The molecule has 0 aliphatic carbocycles. The number of aromatic nitrogens is 3. The van der Waals surface area contributed by atoms with Gasteiger partial charge in [-0.05, 0) is 12.1 Å². The minimum absolute atomic E-state index is 0.0498. The molecule has 18 heavy (non-hydrogen) atoms. The lowest BCUT2D eigenvalue weighted by Gasteiger charge is -2.22. The second-order valence-electron chi connectivity index (χ2n) is 4.09. The van der Waals surface area contributed by atoms with Crippen LogP contribution in [-0.4, -0.2) is 47.6 Å². The van der Waals surface area contributed by atoms with Gasteiger partial charge in [0.25, 0.3) is 0 Å². The highest BCUT2D eigenvalue weighted by atomic mass is 16.5. The van der Waals surface area contributed by atoms with Crippen molar-refractivity contribution < 1.29 is 9.47 Å². The van der Waals surface area contributed by atoms with Gasteiger partial charge in [-0.3, -0.25) is 0 Å². The Morgan fingerprint density at radius 2 is 2.17 bits per heavy atom. The number of morpholine rings is 1. The molecule has 1 N–H and O–H groups in total. The van der Waals surface area contributed by atoms with Crippen LogP contribution in [0.3, 0.4) is 0 Å². The zero-order chi connectivity index (χ0) is 12.2. The Morgan fingerprint density at radius 1 is 1.28 bits per heavy atom. The Bertz CT molecular complexity index is 528. The number of hydrogen-bond acceptors (Lipinski definition) is 6. The lowest BCUT2D eigenvalue weighted by atomic mass is 10.3. The van der Waals surface area contributed by atoms with Gasteiger partial charge in [0.2, 0.25) is 0 Å². The average Bonchev–Trinajstić information content (AvgIpc) is 2.46. The maximum Gasteiger partial charge on any atom is 0.336 e. The van der Waals surface area contributed by atoms with Crippen molar-refractivity contribution in [3.63, 3.8) is 0 Å². The Balaban J connectivity index is 1.66. The van der Waals surface area contributed by atoms with Gasteiger partial charge >= 0.3 is 6.01 Å². The number of fused-ring (bicyclic) bond motifs is 1. The van der Waals surface area contributed by atoms with Gasteiger partial charge < -0.3 is 14.8 Å². The first-order valence-electron chi connectivity index (χ1n) is 5.96. The van der Waals surface area contributed by atoms with Gasteiger partial charge in [0.05, 0.1) is 12.1 Å². The van der Waals surface area contributed by atoms with Crippen LogP contribution in [0.2, 0.25) is 0 Å². The summed E-state index contributed by atoms with van der Waals surface area (Å²) in [6, 6.07) is 7.86. The van der Waals surface area contributed by atoms with E-state index < -0.39 is 0 Å². The smallest absolute Gasteiger partial charge is 0.336 e. The number of hydrogen-bond donors (Lipinski definition) is 1. The number of nitrogens with zero attached hydrogens (tertiary/aromatic N) is 3. The minimum atomic E-state index is 0.0498. The van der Waals surface area contributed by atoms with E-state index in [0.29, 0.717) is 19.2 Å². The molecule has 6 heteroatoms. The molecule has 1 aliphatic rings. The third-order valence-electron chi connectivity index (χ3n) is 2.74. The zero-order valence-electron chi connectivity index (χ0n) is 9.87. The summed E-state index contributed by atoms with van der Waals surface area (Å²) < 4.78 is 11.0. The van der Waals surface area contributed by atoms with Gasteiger partial charge in [0.1, 0.15) is 18.2 Å². The molecule has 1 aromatic carbocycles. The first kappa shape index (κ1) is 11.3. The average molecular weight is 246 g/mol. The molecule has 1 aliphatic heterocycles. The van der Waals surface area contributed by atoms with Crippen LogP contribution in [0, 0.1) is 0 Å². The molecule has 0 radical (unpaired) electrons. The molecule has 94 valence electrons. The number of nitrogens with one attached hydrogen (secondary N) is 1. The Kier molecular flexibility index (Phi) is 3.29. The van der Waals surface area contributed by atoms with Crippen molar-refractivity contribution in [1.29, 1.82) is 0 Å². The summed E-state index contributed by atoms with van der Waals surface area (Å²) in [5, 5.41) is 11.2. The van der Waals surface area contributed by atoms with E-state index in [4.69, 9.17) is 9.47 Å². The first-order valence-corrected chi connectivity index (χ1v) is 5.96. The van der Waals surface area contributed by atoms with Crippen LogP contribution in [0.5, 0.6) is 6.01 Å². The van der Waals surface area contributed by atoms with E-state index in [-0.39, 0.29) is 6.10 Å². The predicted molar refractivity (Wildman–Crippen MR) is 65.4 cm³/mol. The Morgan fingerprint density at radius 3 is 3.00 bits per heavy atom. The summed E-state index contributed by atoms with van der Waals surface area (Å²) in [5.74, 6) is 0. The maximum atomic E-state index is 5.52. The molecule has 0 saturated carbocycles. The summed E-state index contributed by atoms with van der Waals surface area (Å²) in [6.07, 6.45) is 0.0498. The predicted octanol–water partition coefficient (Wildman–Crippen LogP) is 0.392. The first-order chi connectivity index (χ1) is 8.92. The molecule has 0 spiro atoms. The molecule has 2 aromatic rings. The highest BCUT2D eigenvalue weighted by Crippen LogP contribution is 2.10. The van der Waals surface area contributed by atoms with Gasteiger partial charge in [-0.1, -0.05) is 17.2 Å². The van der Waals surface area contributed by atoms with Gasteiger partial charge in [-0.15, -0.1) is 5.10 Å². The summed E-state index contributed by atoms with van der Waals surface area (Å²) in [7, 11) is 0. The number of ether oxygens (including phenoxy) is 2. The van der Waals surface area contributed by atoms with Crippen molar-refractivity contribution >= 4 is 11.0 Å². The number of benzene rings is 1. The Labute approximate surface area is 104 Å². The topological polar surface area (TPSA) is 69.2 Å². The van der Waals surface area contributed by atoms with E-state index in [9.17, 15) is 0 Å². The van der Waals surface area contributed by atoms with Crippen molar-refractivity contribution in [2.45, 2.75) is 6.10 Å². The van der Waals surface area contributed by atoms with Crippen LogP contribution in [0.15, 0.2) is 24.3 Å². The lowest BCUT2D eigenvalue weighted by molar-refractivity contribution is -0.00190. The normalized spacial score (nSPS) is 19.9. The second-order valence-corrected chi connectivity index (χ2v) is 4.09. The van der Waals surface area contributed by atoms with E-state index in [1.54, 1.807) is 0 Å². The third kappa shape index (κ3) is 2.55. The van der Waals surface area contributed by atoms with E-state index in [2.05, 4.69) is 20.5 Å². The monoisotopic (exact) mass is 246 g/mol. The Hall–Kier alpha value is -1.79. The lowest BCUT2D eigenvalue weighted by Crippen LogP contribution is -2.41. The highest BCUT2D eigenvalue weighted by molar-refractivity contribution is 5.73. The third-order valence-corrected chi connectivity index (χ3v) is 2.74. The summed E-state index contributed by atoms with van der Waals surface area (Å²) in [5.41, 5.74) is 1.55. The quantitative estimate of drug-likeness (QED) is 0.845. The van der Waals surface area contributed by atoms with E-state index >= 15 is 0 Å². The van der Waals surface area contributed by atoms with Crippen LogP contribution in [0.1, 0.15) is 0 Å². The molecule has 0 amide bonds. The fourth-order valence-corrected chi connectivity index (χ4v) is 1.82. The summed E-state index contributed by atoms with van der Waals surface area (Å²) >= 11 is 0. The molecule has 1 fully saturated rings. The molecule has 3 rings (SSSR count).